The van der Waals surface area contributed by atoms with Gasteiger partial charge in [0.1, 0.15) is 22.0 Å². The highest BCUT2D eigenvalue weighted by Gasteiger charge is 2.34. The van der Waals surface area contributed by atoms with Crippen LogP contribution in [0, 0.1) is 13.8 Å². The highest BCUT2D eigenvalue weighted by molar-refractivity contribution is 7.17. The summed E-state index contributed by atoms with van der Waals surface area (Å²) in [5, 5.41) is 13.7. The van der Waals surface area contributed by atoms with Crippen LogP contribution in [0.1, 0.15) is 38.0 Å². The number of rotatable bonds is 6. The third-order valence-corrected chi connectivity index (χ3v) is 7.61. The van der Waals surface area contributed by atoms with Gasteiger partial charge in [-0.3, -0.25) is 14.8 Å². The molecule has 1 saturated heterocycles. The van der Waals surface area contributed by atoms with Crippen molar-refractivity contribution < 1.29 is 19.4 Å². The zero-order chi connectivity index (χ0) is 24.6. The van der Waals surface area contributed by atoms with Crippen LogP contribution in [0.25, 0.3) is 11.4 Å². The standard InChI is InChI=1S/C21H22Cl2N6O4S/c1-9-6-25-12(7-24-9)16-18(20(31)32)34-21(28-16)29-5-4-11(13(8-29)33-3)27-19(30)17-15(23)14(22)10(2)26-17/h6-7,11,13,26H,4-5,8H2,1-3H3,(H,27,30)(H,31,32)/t11-,13+/m1/s1. The Balaban J connectivity index is 1.52. The zero-order valence-corrected chi connectivity index (χ0v) is 20.9. The molecule has 0 spiro atoms. The van der Waals surface area contributed by atoms with Crippen molar-refractivity contribution in [2.24, 2.45) is 0 Å². The maximum Gasteiger partial charge on any atom is 0.348 e. The summed E-state index contributed by atoms with van der Waals surface area (Å²) in [6.07, 6.45) is 3.28. The van der Waals surface area contributed by atoms with Crippen LogP contribution in [0.3, 0.4) is 0 Å². The molecule has 3 aromatic rings. The number of methoxy groups -OCH3 is 1. The molecule has 13 heteroatoms. The summed E-state index contributed by atoms with van der Waals surface area (Å²) in [4.78, 5) is 42.6. The molecule has 0 aliphatic carbocycles. The van der Waals surface area contributed by atoms with E-state index in [-0.39, 0.29) is 39.3 Å². The number of hydrogen-bond acceptors (Lipinski definition) is 8. The summed E-state index contributed by atoms with van der Waals surface area (Å²) in [6, 6.07) is -0.284. The molecule has 10 nitrogen and oxygen atoms in total. The predicted molar refractivity (Wildman–Crippen MR) is 129 cm³/mol. The molecule has 4 heterocycles. The van der Waals surface area contributed by atoms with Gasteiger partial charge in [0.15, 0.2) is 5.13 Å². The number of halogens is 2. The van der Waals surface area contributed by atoms with Gasteiger partial charge in [0, 0.05) is 32.1 Å². The number of carbonyl (C=O) groups excluding carboxylic acids is 1. The number of nitrogens with one attached hydrogen (secondary N) is 2. The number of ether oxygens (including phenoxy) is 1. The average Bonchev–Trinajstić information content (AvgIpc) is 3.37. The summed E-state index contributed by atoms with van der Waals surface area (Å²) in [5.41, 5.74) is 2.21. The number of piperidine rings is 1. The quantitative estimate of drug-likeness (QED) is 0.445. The number of aromatic nitrogens is 4. The number of aromatic carboxylic acids is 1. The number of amides is 1. The van der Waals surface area contributed by atoms with Crippen LogP contribution in [0.2, 0.25) is 10.0 Å². The normalized spacial score (nSPS) is 18.2. The van der Waals surface area contributed by atoms with Gasteiger partial charge in [-0.25, -0.2) is 9.78 Å². The first-order chi connectivity index (χ1) is 16.2. The molecule has 0 radical (unpaired) electrons. The Labute approximate surface area is 209 Å². The fourth-order valence-electron chi connectivity index (χ4n) is 3.74. The van der Waals surface area contributed by atoms with Gasteiger partial charge in [-0.2, -0.15) is 0 Å². The minimum absolute atomic E-state index is 0.0891. The Morgan fingerprint density at radius 2 is 2.03 bits per heavy atom. The van der Waals surface area contributed by atoms with Crippen LogP contribution in [0.5, 0.6) is 0 Å². The lowest BCUT2D eigenvalue weighted by atomic mass is 10.0. The van der Waals surface area contributed by atoms with E-state index in [1.54, 1.807) is 27.2 Å². The highest BCUT2D eigenvalue weighted by atomic mass is 35.5. The number of aromatic amines is 1. The topological polar surface area (TPSA) is 133 Å². The number of thiazole rings is 1. The van der Waals surface area contributed by atoms with Crippen molar-refractivity contribution in [2.45, 2.75) is 32.4 Å². The van der Waals surface area contributed by atoms with Gasteiger partial charge in [0.05, 0.1) is 34.1 Å². The van der Waals surface area contributed by atoms with E-state index >= 15 is 0 Å². The molecule has 1 amide bonds. The van der Waals surface area contributed by atoms with Crippen LogP contribution < -0.4 is 10.2 Å². The number of nitrogens with zero attached hydrogens (tertiary/aromatic N) is 4. The second-order valence-electron chi connectivity index (χ2n) is 7.86. The van der Waals surface area contributed by atoms with E-state index in [1.165, 1.54) is 6.20 Å². The van der Waals surface area contributed by atoms with E-state index in [1.807, 2.05) is 4.90 Å². The van der Waals surface area contributed by atoms with E-state index < -0.39 is 5.97 Å². The summed E-state index contributed by atoms with van der Waals surface area (Å²) in [5.74, 6) is -1.45. The Kier molecular flexibility index (Phi) is 7.08. The summed E-state index contributed by atoms with van der Waals surface area (Å²) in [7, 11) is 1.56. The van der Waals surface area contributed by atoms with Crippen molar-refractivity contribution in [3.8, 4) is 11.4 Å². The highest BCUT2D eigenvalue weighted by Crippen LogP contribution is 2.34. The summed E-state index contributed by atoms with van der Waals surface area (Å²) < 4.78 is 5.65. The summed E-state index contributed by atoms with van der Waals surface area (Å²) >= 11 is 13.3. The van der Waals surface area contributed by atoms with E-state index in [0.29, 0.717) is 41.1 Å². The Hall–Kier alpha value is -2.73. The van der Waals surface area contributed by atoms with E-state index in [4.69, 9.17) is 27.9 Å². The fourth-order valence-corrected chi connectivity index (χ4v) is 5.11. The van der Waals surface area contributed by atoms with Crippen molar-refractivity contribution in [3.05, 3.63) is 44.4 Å². The minimum atomic E-state index is -1.08. The molecule has 0 saturated carbocycles. The van der Waals surface area contributed by atoms with Crippen molar-refractivity contribution >= 4 is 51.5 Å². The Bertz CT molecular complexity index is 1230. The lowest BCUT2D eigenvalue weighted by Crippen LogP contribution is -2.55. The fraction of sp³-hybridized carbons (Fsp3) is 0.381. The first kappa shape index (κ1) is 24.4. The molecule has 1 aliphatic rings. The van der Waals surface area contributed by atoms with Gasteiger partial charge in [-0.15, -0.1) is 0 Å². The van der Waals surface area contributed by atoms with Gasteiger partial charge < -0.3 is 25.0 Å². The molecule has 2 atom stereocenters. The van der Waals surface area contributed by atoms with E-state index in [2.05, 4.69) is 25.3 Å². The first-order valence-corrected chi connectivity index (χ1v) is 11.9. The monoisotopic (exact) mass is 524 g/mol. The van der Waals surface area contributed by atoms with Gasteiger partial charge >= 0.3 is 5.97 Å². The Morgan fingerprint density at radius 1 is 1.26 bits per heavy atom. The van der Waals surface area contributed by atoms with Crippen molar-refractivity contribution in [3.63, 3.8) is 0 Å². The lowest BCUT2D eigenvalue weighted by Gasteiger charge is -2.37. The SMILES string of the molecule is CO[C@H]1CN(c2nc(-c3cnc(C)cn3)c(C(=O)O)s2)CC[C@H]1NC(=O)c1[nH]c(C)c(Cl)c1Cl. The maximum absolute atomic E-state index is 12.8. The molecular weight excluding hydrogens is 503 g/mol. The first-order valence-electron chi connectivity index (χ1n) is 10.3. The summed E-state index contributed by atoms with van der Waals surface area (Å²) in [6.45, 7) is 4.48. The second-order valence-corrected chi connectivity index (χ2v) is 9.60. The average molecular weight is 525 g/mol. The zero-order valence-electron chi connectivity index (χ0n) is 18.6. The third kappa shape index (κ3) is 4.74. The number of carboxylic acid groups (broad SMARTS) is 1. The lowest BCUT2D eigenvalue weighted by molar-refractivity contribution is 0.0540. The van der Waals surface area contributed by atoms with Crippen LogP contribution in [-0.4, -0.2) is 69.3 Å². The van der Waals surface area contributed by atoms with E-state index in [0.717, 1.165) is 17.0 Å². The number of hydrogen-bond donors (Lipinski definition) is 3. The van der Waals surface area contributed by atoms with Crippen molar-refractivity contribution in [1.29, 1.82) is 0 Å². The minimum Gasteiger partial charge on any atom is -0.477 e. The molecular formula is C21H22Cl2N6O4S. The van der Waals surface area contributed by atoms with Crippen LogP contribution in [0.15, 0.2) is 12.4 Å². The number of aryl methyl sites for hydroxylation is 2. The molecule has 1 aliphatic heterocycles. The number of carboxylic acids is 1. The van der Waals surface area contributed by atoms with Gasteiger partial charge in [0.2, 0.25) is 0 Å². The second kappa shape index (κ2) is 9.87. The van der Waals surface area contributed by atoms with Crippen LogP contribution in [-0.2, 0) is 4.74 Å². The molecule has 34 heavy (non-hydrogen) atoms. The smallest absolute Gasteiger partial charge is 0.348 e. The Morgan fingerprint density at radius 3 is 2.62 bits per heavy atom. The van der Waals surface area contributed by atoms with Crippen molar-refractivity contribution in [2.75, 3.05) is 25.1 Å². The molecule has 4 rings (SSSR count). The number of carbonyl (C=O) groups is 2. The van der Waals surface area contributed by atoms with Crippen LogP contribution >= 0.6 is 34.5 Å². The van der Waals surface area contributed by atoms with Crippen molar-refractivity contribution in [1.82, 2.24) is 25.3 Å². The predicted octanol–water partition coefficient (Wildman–Crippen LogP) is 3.57. The molecule has 180 valence electrons. The third-order valence-electron chi connectivity index (χ3n) is 5.56. The molecule has 1 fully saturated rings. The number of anilines is 1. The molecule has 3 N–H and O–H groups in total. The van der Waals surface area contributed by atoms with Gasteiger partial charge in [-0.05, 0) is 20.3 Å². The maximum atomic E-state index is 12.8. The molecule has 0 bridgehead atoms. The van der Waals surface area contributed by atoms with Gasteiger partial charge in [-0.1, -0.05) is 34.5 Å². The number of H-pyrrole nitrogens is 1. The van der Waals surface area contributed by atoms with Crippen LogP contribution in [0.4, 0.5) is 5.13 Å². The molecule has 0 aromatic carbocycles. The molecule has 0 unspecified atom stereocenters. The van der Waals surface area contributed by atoms with E-state index in [9.17, 15) is 14.7 Å². The largest absolute Gasteiger partial charge is 0.477 e. The van der Waals surface area contributed by atoms with Gasteiger partial charge in [0.25, 0.3) is 5.91 Å². The molecule has 3 aromatic heterocycles.